The molecule has 2 rings (SSSR count). The Labute approximate surface area is 117 Å². The number of hydrogen-bond acceptors (Lipinski definition) is 3. The van der Waals surface area contributed by atoms with Gasteiger partial charge in [-0.1, -0.05) is 36.4 Å². The van der Waals surface area contributed by atoms with E-state index in [1.807, 2.05) is 37.3 Å². The van der Waals surface area contributed by atoms with E-state index in [1.165, 1.54) is 0 Å². The molecule has 4 heteroatoms. The smallest absolute Gasteiger partial charge is 0.339 e. The lowest BCUT2D eigenvalue weighted by molar-refractivity contribution is -0.128. The number of benzene rings is 2. The van der Waals surface area contributed by atoms with E-state index in [1.54, 1.807) is 19.1 Å². The maximum absolute atomic E-state index is 12.2. The van der Waals surface area contributed by atoms with Crippen LogP contribution in [-0.4, -0.2) is 24.5 Å². The van der Waals surface area contributed by atoms with E-state index in [-0.39, 0.29) is 5.91 Å². The molecule has 0 radical (unpaired) electrons. The summed E-state index contributed by atoms with van der Waals surface area (Å²) in [7, 11) is 0. The standard InChI is InChI=1S/C16H17NO3/c1-3-17-15(18)11(2)20-16(19)14-10-6-8-12-7-4-5-9-13(12)14/h4-11H,3H2,1-2H3,(H,17,18)/t11-/m1/s1. The normalized spacial score (nSPS) is 11.9. The SMILES string of the molecule is CCNC(=O)[C@@H](C)OC(=O)c1cccc2ccccc12. The number of rotatable bonds is 4. The van der Waals surface area contributed by atoms with Crippen molar-refractivity contribution < 1.29 is 14.3 Å². The number of carbonyl (C=O) groups excluding carboxylic acids is 2. The number of esters is 1. The Hall–Kier alpha value is -2.36. The Bertz CT molecular complexity index is 631. The van der Waals surface area contributed by atoms with Crippen LogP contribution in [0, 0.1) is 0 Å². The van der Waals surface area contributed by atoms with Gasteiger partial charge in [0, 0.05) is 6.54 Å². The van der Waals surface area contributed by atoms with Gasteiger partial charge in [-0.15, -0.1) is 0 Å². The summed E-state index contributed by atoms with van der Waals surface area (Å²) in [4.78, 5) is 23.8. The van der Waals surface area contributed by atoms with Crippen LogP contribution >= 0.6 is 0 Å². The second kappa shape index (κ2) is 6.19. The van der Waals surface area contributed by atoms with Crippen LogP contribution in [0.1, 0.15) is 24.2 Å². The molecule has 0 saturated heterocycles. The summed E-state index contributed by atoms with van der Waals surface area (Å²) in [6.07, 6.45) is -0.804. The van der Waals surface area contributed by atoms with Gasteiger partial charge in [-0.3, -0.25) is 4.79 Å². The first-order valence-electron chi connectivity index (χ1n) is 6.60. The molecule has 0 aliphatic heterocycles. The molecular weight excluding hydrogens is 254 g/mol. The molecule has 0 unspecified atom stereocenters. The summed E-state index contributed by atoms with van der Waals surface area (Å²) in [6, 6.07) is 13.0. The lowest BCUT2D eigenvalue weighted by atomic mass is 10.0. The first-order valence-corrected chi connectivity index (χ1v) is 6.60. The van der Waals surface area contributed by atoms with Crippen molar-refractivity contribution in [2.24, 2.45) is 0 Å². The highest BCUT2D eigenvalue weighted by molar-refractivity contribution is 6.05. The Morgan fingerprint density at radius 2 is 1.85 bits per heavy atom. The molecule has 1 amide bonds. The maximum Gasteiger partial charge on any atom is 0.339 e. The van der Waals surface area contributed by atoms with Crippen LogP contribution in [0.2, 0.25) is 0 Å². The van der Waals surface area contributed by atoms with E-state index in [0.29, 0.717) is 12.1 Å². The van der Waals surface area contributed by atoms with Crippen molar-refractivity contribution in [1.29, 1.82) is 0 Å². The van der Waals surface area contributed by atoms with Crippen molar-refractivity contribution in [3.63, 3.8) is 0 Å². The zero-order valence-electron chi connectivity index (χ0n) is 11.6. The number of nitrogens with one attached hydrogen (secondary N) is 1. The van der Waals surface area contributed by atoms with Gasteiger partial charge in [0.2, 0.25) is 0 Å². The number of hydrogen-bond donors (Lipinski definition) is 1. The van der Waals surface area contributed by atoms with Gasteiger partial charge in [0.1, 0.15) is 0 Å². The fourth-order valence-electron chi connectivity index (χ4n) is 2.00. The number of likely N-dealkylation sites (N-methyl/N-ethyl adjacent to an activating group) is 1. The molecule has 0 heterocycles. The third-order valence-electron chi connectivity index (χ3n) is 3.01. The molecule has 2 aromatic rings. The number of ether oxygens (including phenoxy) is 1. The summed E-state index contributed by atoms with van der Waals surface area (Å²) >= 11 is 0. The third kappa shape index (κ3) is 2.96. The van der Waals surface area contributed by atoms with Crippen LogP contribution < -0.4 is 5.32 Å². The quantitative estimate of drug-likeness (QED) is 0.869. The summed E-state index contributed by atoms with van der Waals surface area (Å²) < 4.78 is 5.21. The molecule has 104 valence electrons. The molecule has 1 N–H and O–H groups in total. The fraction of sp³-hybridized carbons (Fsp3) is 0.250. The molecular formula is C16H17NO3. The summed E-state index contributed by atoms with van der Waals surface area (Å²) in [6.45, 7) is 3.89. The highest BCUT2D eigenvalue weighted by atomic mass is 16.5. The lowest BCUT2D eigenvalue weighted by Gasteiger charge is -2.13. The van der Waals surface area contributed by atoms with E-state index in [0.717, 1.165) is 10.8 Å². The van der Waals surface area contributed by atoms with Gasteiger partial charge in [0.25, 0.3) is 5.91 Å². The molecule has 0 fully saturated rings. The van der Waals surface area contributed by atoms with Gasteiger partial charge >= 0.3 is 5.97 Å². The highest BCUT2D eigenvalue weighted by Gasteiger charge is 2.19. The Morgan fingerprint density at radius 1 is 1.15 bits per heavy atom. The van der Waals surface area contributed by atoms with Crippen LogP contribution in [0.5, 0.6) is 0 Å². The average molecular weight is 271 g/mol. The van der Waals surface area contributed by atoms with Gasteiger partial charge in [-0.05, 0) is 30.7 Å². The zero-order valence-corrected chi connectivity index (χ0v) is 11.6. The molecule has 0 saturated carbocycles. The van der Waals surface area contributed by atoms with Crippen molar-refractivity contribution in [2.75, 3.05) is 6.54 Å². The molecule has 0 bridgehead atoms. The minimum Gasteiger partial charge on any atom is -0.449 e. The van der Waals surface area contributed by atoms with Crippen molar-refractivity contribution in [3.05, 3.63) is 48.0 Å². The predicted molar refractivity (Wildman–Crippen MR) is 77.5 cm³/mol. The topological polar surface area (TPSA) is 55.4 Å². The van der Waals surface area contributed by atoms with Gasteiger partial charge in [0.15, 0.2) is 6.10 Å². The maximum atomic E-state index is 12.2. The van der Waals surface area contributed by atoms with E-state index >= 15 is 0 Å². The Kier molecular flexibility index (Phi) is 4.35. The van der Waals surface area contributed by atoms with Gasteiger partial charge in [-0.25, -0.2) is 4.79 Å². The minimum absolute atomic E-state index is 0.291. The van der Waals surface area contributed by atoms with Crippen LogP contribution in [0.3, 0.4) is 0 Å². The Morgan fingerprint density at radius 3 is 2.60 bits per heavy atom. The number of fused-ring (bicyclic) bond motifs is 1. The lowest BCUT2D eigenvalue weighted by Crippen LogP contribution is -2.35. The van der Waals surface area contributed by atoms with E-state index in [2.05, 4.69) is 5.32 Å². The van der Waals surface area contributed by atoms with E-state index < -0.39 is 12.1 Å². The fourth-order valence-corrected chi connectivity index (χ4v) is 2.00. The van der Waals surface area contributed by atoms with Crippen LogP contribution in [0.15, 0.2) is 42.5 Å². The van der Waals surface area contributed by atoms with Crippen molar-refractivity contribution in [3.8, 4) is 0 Å². The van der Waals surface area contributed by atoms with Crippen LogP contribution in [0.4, 0.5) is 0 Å². The van der Waals surface area contributed by atoms with Gasteiger partial charge in [0.05, 0.1) is 5.56 Å². The first kappa shape index (κ1) is 14.1. The zero-order chi connectivity index (χ0) is 14.5. The second-order valence-corrected chi connectivity index (χ2v) is 4.47. The van der Waals surface area contributed by atoms with Crippen LogP contribution in [-0.2, 0) is 9.53 Å². The third-order valence-corrected chi connectivity index (χ3v) is 3.01. The van der Waals surface area contributed by atoms with Gasteiger partial charge < -0.3 is 10.1 Å². The van der Waals surface area contributed by atoms with Crippen molar-refractivity contribution in [2.45, 2.75) is 20.0 Å². The highest BCUT2D eigenvalue weighted by Crippen LogP contribution is 2.19. The summed E-state index contributed by atoms with van der Waals surface area (Å²) in [5.41, 5.74) is 0.472. The van der Waals surface area contributed by atoms with Crippen molar-refractivity contribution in [1.82, 2.24) is 5.32 Å². The minimum atomic E-state index is -0.804. The first-order chi connectivity index (χ1) is 9.63. The van der Waals surface area contributed by atoms with Crippen molar-refractivity contribution >= 4 is 22.6 Å². The van der Waals surface area contributed by atoms with Crippen LogP contribution in [0.25, 0.3) is 10.8 Å². The molecule has 0 aliphatic carbocycles. The molecule has 4 nitrogen and oxygen atoms in total. The predicted octanol–water partition coefficient (Wildman–Crippen LogP) is 2.52. The van der Waals surface area contributed by atoms with Gasteiger partial charge in [-0.2, -0.15) is 0 Å². The molecule has 1 atom stereocenters. The summed E-state index contributed by atoms with van der Waals surface area (Å²) in [5, 5.41) is 4.41. The molecule has 0 spiro atoms. The van der Waals surface area contributed by atoms with E-state index in [4.69, 9.17) is 4.74 Å². The largest absolute Gasteiger partial charge is 0.449 e. The Balaban J connectivity index is 2.22. The molecule has 0 aromatic heterocycles. The molecule has 0 aliphatic rings. The average Bonchev–Trinajstić information content (AvgIpc) is 2.46. The number of carbonyl (C=O) groups is 2. The monoisotopic (exact) mass is 271 g/mol. The molecule has 20 heavy (non-hydrogen) atoms. The van der Waals surface area contributed by atoms with E-state index in [9.17, 15) is 9.59 Å². The second-order valence-electron chi connectivity index (χ2n) is 4.47. The summed E-state index contributed by atoms with van der Waals surface area (Å²) in [5.74, 6) is -0.776. The molecule has 2 aromatic carbocycles. The number of amides is 1.